The van der Waals surface area contributed by atoms with Crippen molar-refractivity contribution < 1.29 is 45.2 Å². The summed E-state index contributed by atoms with van der Waals surface area (Å²) >= 11 is 0. The summed E-state index contributed by atoms with van der Waals surface area (Å²) in [5, 5.41) is 68.7. The molecule has 0 aromatic heterocycles. The van der Waals surface area contributed by atoms with Gasteiger partial charge in [-0.2, -0.15) is 0 Å². The lowest BCUT2D eigenvalue weighted by Crippen LogP contribution is -2.73. The molecule has 123 valence electrons. The van der Waals surface area contributed by atoms with Crippen molar-refractivity contribution in [2.24, 2.45) is 0 Å². The first kappa shape index (κ1) is 17.0. The van der Waals surface area contributed by atoms with E-state index in [1.54, 1.807) is 0 Å². The van der Waals surface area contributed by atoms with E-state index in [2.05, 4.69) is 0 Å². The summed E-state index contributed by atoms with van der Waals surface area (Å²) in [7, 11) is 0. The molecule has 0 unspecified atom stereocenters. The normalized spacial score (nSPS) is 51.9. The number of rotatable bonds is 3. The van der Waals surface area contributed by atoms with Crippen LogP contribution in [0.15, 0.2) is 0 Å². The lowest BCUT2D eigenvalue weighted by molar-refractivity contribution is -0.315. The number of aliphatic hydroxyl groups is 7. The molecule has 21 heavy (non-hydrogen) atoms. The molecular formula is C12H21O9. The van der Waals surface area contributed by atoms with Crippen LogP contribution in [0.1, 0.15) is 6.42 Å². The first-order valence-electron chi connectivity index (χ1n) is 6.66. The Morgan fingerprint density at radius 3 is 2.24 bits per heavy atom. The zero-order valence-corrected chi connectivity index (χ0v) is 11.2. The quantitative estimate of drug-likeness (QED) is 0.274. The molecule has 9 heteroatoms. The average Bonchev–Trinajstić information content (AvgIpc) is 2.48. The Morgan fingerprint density at radius 2 is 1.67 bits per heavy atom. The molecule has 0 bridgehead atoms. The molecule has 0 spiro atoms. The van der Waals surface area contributed by atoms with E-state index >= 15 is 0 Å². The summed E-state index contributed by atoms with van der Waals surface area (Å²) < 4.78 is 10.3. The molecule has 0 aromatic rings. The van der Waals surface area contributed by atoms with Crippen LogP contribution in [-0.2, 0) is 9.47 Å². The monoisotopic (exact) mass is 309 g/mol. The Morgan fingerprint density at radius 1 is 1.00 bits per heavy atom. The average molecular weight is 309 g/mol. The fourth-order valence-corrected chi connectivity index (χ4v) is 2.82. The van der Waals surface area contributed by atoms with Crippen molar-refractivity contribution in [3.8, 4) is 0 Å². The minimum atomic E-state index is -2.21. The highest BCUT2D eigenvalue weighted by Crippen LogP contribution is 2.37. The van der Waals surface area contributed by atoms with Crippen molar-refractivity contribution in [3.63, 3.8) is 0 Å². The summed E-state index contributed by atoms with van der Waals surface area (Å²) in [6, 6.07) is 0. The maximum atomic E-state index is 10.7. The van der Waals surface area contributed by atoms with Crippen LogP contribution in [0.3, 0.4) is 0 Å². The first-order chi connectivity index (χ1) is 9.87. The third-order valence-electron chi connectivity index (χ3n) is 4.14. The van der Waals surface area contributed by atoms with Gasteiger partial charge in [-0.05, 0) is 0 Å². The Kier molecular flexibility index (Phi) is 5.19. The van der Waals surface area contributed by atoms with Crippen molar-refractivity contribution >= 4 is 0 Å². The highest BCUT2D eigenvalue weighted by molar-refractivity contribution is 5.10. The van der Waals surface area contributed by atoms with Crippen molar-refractivity contribution in [3.05, 3.63) is 6.61 Å². The van der Waals surface area contributed by atoms with E-state index in [0.29, 0.717) is 0 Å². The minimum absolute atomic E-state index is 0.0813. The van der Waals surface area contributed by atoms with E-state index in [0.717, 1.165) is 0 Å². The summed E-state index contributed by atoms with van der Waals surface area (Å²) in [4.78, 5) is 0. The van der Waals surface area contributed by atoms with E-state index in [9.17, 15) is 30.6 Å². The van der Waals surface area contributed by atoms with E-state index in [-0.39, 0.29) is 6.42 Å². The van der Waals surface area contributed by atoms with Crippen LogP contribution in [0.2, 0.25) is 0 Å². The molecule has 2 rings (SSSR count). The zero-order chi connectivity index (χ0) is 15.8. The standard InChI is InChI=1S/C12H21O9/c13-3-5-8(16)9(17)10(18)11(21-5)12(19)6(15)1-2-20-7(12)4-14/h2,5-11,13-19H,1,3-4H2/t5-,6-,7-,8-,9+,10-,11-,12+/m1/s1. The fourth-order valence-electron chi connectivity index (χ4n) is 2.82. The largest absolute Gasteiger partial charge is 0.394 e. The van der Waals surface area contributed by atoms with Crippen molar-refractivity contribution in [1.82, 2.24) is 0 Å². The molecular weight excluding hydrogens is 288 g/mol. The third-order valence-corrected chi connectivity index (χ3v) is 4.14. The van der Waals surface area contributed by atoms with Crippen LogP contribution < -0.4 is 0 Å². The topological polar surface area (TPSA) is 160 Å². The van der Waals surface area contributed by atoms with Gasteiger partial charge in [0.2, 0.25) is 0 Å². The second-order valence-electron chi connectivity index (χ2n) is 5.36. The van der Waals surface area contributed by atoms with Gasteiger partial charge in [0.15, 0.2) is 0 Å². The second kappa shape index (κ2) is 6.41. The maximum absolute atomic E-state index is 10.7. The zero-order valence-electron chi connectivity index (χ0n) is 11.2. The lowest BCUT2D eigenvalue weighted by atomic mass is 9.76. The van der Waals surface area contributed by atoms with Crippen LogP contribution in [0.25, 0.3) is 0 Å². The van der Waals surface area contributed by atoms with E-state index < -0.39 is 61.5 Å². The highest BCUT2D eigenvalue weighted by atomic mass is 16.6. The number of hydrogen-bond acceptors (Lipinski definition) is 9. The molecule has 7 N–H and O–H groups in total. The fraction of sp³-hybridized carbons (Fsp3) is 0.917. The third kappa shape index (κ3) is 2.69. The van der Waals surface area contributed by atoms with Crippen molar-refractivity contribution in [2.45, 2.75) is 54.7 Å². The molecule has 9 nitrogen and oxygen atoms in total. The number of hydrogen-bond donors (Lipinski definition) is 7. The Balaban J connectivity index is 2.31. The molecule has 0 amide bonds. The molecule has 0 aromatic carbocycles. The number of ether oxygens (including phenoxy) is 2. The molecule has 0 saturated carbocycles. The van der Waals surface area contributed by atoms with Gasteiger partial charge in [0.25, 0.3) is 0 Å². The van der Waals surface area contributed by atoms with Gasteiger partial charge in [-0.3, -0.25) is 0 Å². The van der Waals surface area contributed by atoms with Crippen LogP contribution in [-0.4, -0.2) is 97.3 Å². The molecule has 0 aliphatic carbocycles. The first-order valence-corrected chi connectivity index (χ1v) is 6.66. The van der Waals surface area contributed by atoms with Gasteiger partial charge >= 0.3 is 0 Å². The van der Waals surface area contributed by atoms with Gasteiger partial charge < -0.3 is 45.2 Å². The Hall–Kier alpha value is -0.360. The predicted octanol–water partition coefficient (Wildman–Crippen LogP) is -4.14. The summed E-state index contributed by atoms with van der Waals surface area (Å²) in [6.45, 7) is -0.118. The SMILES string of the molecule is OC[C@H]1O[C@@H]([C@]2(O)[C@H](O)C[CH]O[C@@H]2CO)[C@H](O)[C@@H](O)[C@@H]1O. The molecule has 2 aliphatic heterocycles. The molecule has 2 fully saturated rings. The van der Waals surface area contributed by atoms with E-state index in [4.69, 9.17) is 14.6 Å². The molecule has 2 saturated heterocycles. The smallest absolute Gasteiger partial charge is 0.147 e. The predicted molar refractivity (Wildman–Crippen MR) is 65.6 cm³/mol. The van der Waals surface area contributed by atoms with Crippen LogP contribution in [0.5, 0.6) is 0 Å². The van der Waals surface area contributed by atoms with Crippen LogP contribution in [0.4, 0.5) is 0 Å². The summed E-state index contributed by atoms with van der Waals surface area (Å²) in [5.41, 5.74) is -2.21. The summed E-state index contributed by atoms with van der Waals surface area (Å²) in [5.74, 6) is 0. The Labute approximate surface area is 121 Å². The molecule has 1 radical (unpaired) electrons. The van der Waals surface area contributed by atoms with Crippen LogP contribution in [0, 0.1) is 6.61 Å². The van der Waals surface area contributed by atoms with Gasteiger partial charge in [-0.25, -0.2) is 0 Å². The minimum Gasteiger partial charge on any atom is -0.394 e. The lowest BCUT2D eigenvalue weighted by Gasteiger charge is -2.52. The molecule has 2 heterocycles. The molecule has 8 atom stereocenters. The van der Waals surface area contributed by atoms with Gasteiger partial charge in [0.1, 0.15) is 42.2 Å². The summed E-state index contributed by atoms with van der Waals surface area (Å²) in [6.07, 6.45) is -10.6. The van der Waals surface area contributed by atoms with Gasteiger partial charge in [-0.15, -0.1) is 0 Å². The van der Waals surface area contributed by atoms with E-state index in [1.807, 2.05) is 0 Å². The van der Waals surface area contributed by atoms with Gasteiger partial charge in [0.05, 0.1) is 25.9 Å². The van der Waals surface area contributed by atoms with E-state index in [1.165, 1.54) is 6.61 Å². The Bertz CT molecular complexity index is 352. The van der Waals surface area contributed by atoms with Crippen molar-refractivity contribution in [2.75, 3.05) is 13.2 Å². The highest BCUT2D eigenvalue weighted by Gasteiger charge is 2.60. The maximum Gasteiger partial charge on any atom is 0.147 e. The second-order valence-corrected chi connectivity index (χ2v) is 5.36. The van der Waals surface area contributed by atoms with Crippen molar-refractivity contribution in [1.29, 1.82) is 0 Å². The van der Waals surface area contributed by atoms with Gasteiger partial charge in [0, 0.05) is 6.42 Å². The molecule has 2 aliphatic rings. The van der Waals surface area contributed by atoms with Gasteiger partial charge in [-0.1, -0.05) is 0 Å². The van der Waals surface area contributed by atoms with Crippen LogP contribution >= 0.6 is 0 Å². The number of aliphatic hydroxyl groups excluding tert-OH is 6.